The van der Waals surface area contributed by atoms with Crippen LogP contribution in [0.4, 0.5) is 0 Å². The number of rotatable bonds is 5. The van der Waals surface area contributed by atoms with E-state index < -0.39 is 0 Å². The maximum atomic E-state index is 2.26. The summed E-state index contributed by atoms with van der Waals surface area (Å²) in [7, 11) is 0. The van der Waals surface area contributed by atoms with E-state index in [9.17, 15) is 0 Å². The molecule has 0 radical (unpaired) electrons. The summed E-state index contributed by atoms with van der Waals surface area (Å²) in [5.41, 5.74) is 19.5. The number of aryl methyl sites for hydroxylation is 5. The minimum Gasteiger partial charge on any atom is -0.0622 e. The van der Waals surface area contributed by atoms with Crippen LogP contribution < -0.4 is 0 Å². The molecular formula is C73H64. The first kappa shape index (κ1) is 50.5. The first-order chi connectivity index (χ1) is 35.8. The molecule has 12 aromatic rings. The Morgan fingerprint density at radius 3 is 1.01 bits per heavy atom. The maximum absolute atomic E-state index is 2.26. The van der Waals surface area contributed by atoms with Crippen LogP contribution >= 0.6 is 0 Å². The third-order valence-corrected chi connectivity index (χ3v) is 12.8. The molecule has 0 spiro atoms. The van der Waals surface area contributed by atoms with Crippen LogP contribution in [0, 0.1) is 34.6 Å². The van der Waals surface area contributed by atoms with Gasteiger partial charge in [-0.05, 0) is 141 Å². The molecule has 0 aliphatic carbocycles. The molecule has 0 unspecified atom stereocenters. The van der Waals surface area contributed by atoms with Crippen molar-refractivity contribution in [3.8, 4) is 55.6 Å². The van der Waals surface area contributed by atoms with Crippen LogP contribution in [0.15, 0.2) is 297 Å². The van der Waals surface area contributed by atoms with Gasteiger partial charge in [0.1, 0.15) is 0 Å². The fourth-order valence-corrected chi connectivity index (χ4v) is 8.97. The van der Waals surface area contributed by atoms with E-state index in [-0.39, 0.29) is 0 Å². The van der Waals surface area contributed by atoms with Crippen LogP contribution in [0.25, 0.3) is 77.2 Å². The lowest BCUT2D eigenvalue weighted by Gasteiger charge is -2.08. The molecule has 0 fully saturated rings. The van der Waals surface area contributed by atoms with Crippen LogP contribution in [-0.2, 0) is 0 Å². The second-order valence-corrected chi connectivity index (χ2v) is 18.4. The summed E-state index contributed by atoms with van der Waals surface area (Å²) in [6.07, 6.45) is 0. The zero-order valence-electron chi connectivity index (χ0n) is 42.8. The van der Waals surface area contributed by atoms with E-state index in [1.807, 2.05) is 18.2 Å². The van der Waals surface area contributed by atoms with Crippen molar-refractivity contribution in [1.82, 2.24) is 0 Å². The first-order valence-corrected chi connectivity index (χ1v) is 25.2. The summed E-state index contributed by atoms with van der Waals surface area (Å²) < 4.78 is 0. The lowest BCUT2D eigenvalue weighted by atomic mass is 9.97. The van der Waals surface area contributed by atoms with Gasteiger partial charge in [-0.1, -0.05) is 296 Å². The molecule has 0 saturated heterocycles. The number of fused-ring (bicyclic) bond motifs is 2. The van der Waals surface area contributed by atoms with Crippen LogP contribution in [0.1, 0.15) is 27.8 Å². The molecule has 12 rings (SSSR count). The Balaban J connectivity index is 0.000000123. The highest BCUT2D eigenvalue weighted by Gasteiger charge is 2.05. The SMILES string of the molecule is Cc1c2ccccc2cc2ccccc12.Cc1cc(-c2ccccc2)cc(-c2ccccc2)c1.Cc1ccc(-c2ccccc2)cc1.Cc1cccc(-c2ccccc2)c1.Cc1ccccc1-c1ccccc1. The van der Waals surface area contributed by atoms with Crippen molar-refractivity contribution in [1.29, 1.82) is 0 Å². The highest BCUT2D eigenvalue weighted by Crippen LogP contribution is 2.30. The highest BCUT2D eigenvalue weighted by atomic mass is 14.1. The van der Waals surface area contributed by atoms with Crippen molar-refractivity contribution in [2.45, 2.75) is 34.6 Å². The van der Waals surface area contributed by atoms with Gasteiger partial charge in [0.25, 0.3) is 0 Å². The Bertz CT molecular complexity index is 3450. The molecule has 0 bridgehead atoms. The number of benzene rings is 12. The van der Waals surface area contributed by atoms with E-state index >= 15 is 0 Å². The lowest BCUT2D eigenvalue weighted by molar-refractivity contribution is 1.46. The summed E-state index contributed by atoms with van der Waals surface area (Å²) in [6, 6.07) is 104. The van der Waals surface area contributed by atoms with E-state index in [0.29, 0.717) is 0 Å². The second-order valence-electron chi connectivity index (χ2n) is 18.4. The Morgan fingerprint density at radius 1 is 0.192 bits per heavy atom. The van der Waals surface area contributed by atoms with E-state index in [2.05, 4.69) is 314 Å². The fourth-order valence-electron chi connectivity index (χ4n) is 8.97. The fraction of sp³-hybridized carbons (Fsp3) is 0.0685. The van der Waals surface area contributed by atoms with Gasteiger partial charge in [0.05, 0.1) is 0 Å². The standard InChI is InChI=1S/C19H16.C15H12.3C13H12/c1-15-12-18(16-8-4-2-5-9-16)14-19(13-15)17-10-6-3-7-11-17;1-11-14-8-4-2-6-12(14)10-13-7-3-5-9-15(11)13;1-11-7-5-6-10-13(11)12-8-3-2-4-9-12;1-11-6-5-9-13(10-11)12-7-3-2-4-8-12;1-11-7-9-13(10-8-11)12-5-3-2-4-6-12/h2-14H,1H3;2-10H,1H3;3*2-10H,1H3. The van der Waals surface area contributed by atoms with Gasteiger partial charge in [-0.2, -0.15) is 0 Å². The van der Waals surface area contributed by atoms with Gasteiger partial charge < -0.3 is 0 Å². The van der Waals surface area contributed by atoms with Crippen molar-refractivity contribution in [3.63, 3.8) is 0 Å². The molecule has 73 heavy (non-hydrogen) atoms. The molecule has 0 atom stereocenters. The highest BCUT2D eigenvalue weighted by molar-refractivity contribution is 6.02. The van der Waals surface area contributed by atoms with Gasteiger partial charge in [0.2, 0.25) is 0 Å². The molecule has 0 N–H and O–H groups in total. The maximum Gasteiger partial charge on any atom is -0.0148 e. The molecule has 0 aromatic heterocycles. The Labute approximate surface area is 434 Å². The topological polar surface area (TPSA) is 0 Å². The summed E-state index contributed by atoms with van der Waals surface area (Å²) >= 11 is 0. The predicted octanol–water partition coefficient (Wildman–Crippen LogP) is 20.6. The van der Waals surface area contributed by atoms with Crippen LogP contribution in [0.5, 0.6) is 0 Å². The van der Waals surface area contributed by atoms with Crippen molar-refractivity contribution in [2.24, 2.45) is 0 Å². The van der Waals surface area contributed by atoms with Gasteiger partial charge in [0.15, 0.2) is 0 Å². The Kier molecular flexibility index (Phi) is 17.9. The quantitative estimate of drug-likeness (QED) is 0.151. The zero-order chi connectivity index (χ0) is 50.6. The molecule has 0 amide bonds. The largest absolute Gasteiger partial charge is 0.0622 e. The minimum absolute atomic E-state index is 1.27. The third-order valence-electron chi connectivity index (χ3n) is 12.8. The van der Waals surface area contributed by atoms with E-state index in [1.54, 1.807) is 0 Å². The lowest BCUT2D eigenvalue weighted by Crippen LogP contribution is -1.84. The zero-order valence-corrected chi connectivity index (χ0v) is 42.8. The normalized spacial score (nSPS) is 10.3. The number of hydrogen-bond donors (Lipinski definition) is 0. The van der Waals surface area contributed by atoms with Crippen molar-refractivity contribution >= 4 is 21.5 Å². The predicted molar refractivity (Wildman–Crippen MR) is 318 cm³/mol. The van der Waals surface area contributed by atoms with Gasteiger partial charge in [-0.25, -0.2) is 0 Å². The average molecular weight is 941 g/mol. The van der Waals surface area contributed by atoms with Crippen LogP contribution in [0.3, 0.4) is 0 Å². The molecule has 0 aliphatic heterocycles. The Morgan fingerprint density at radius 2 is 0.548 bits per heavy atom. The summed E-state index contributed by atoms with van der Waals surface area (Å²) in [5.74, 6) is 0. The first-order valence-electron chi connectivity index (χ1n) is 25.2. The van der Waals surface area contributed by atoms with Crippen molar-refractivity contribution < 1.29 is 0 Å². The number of hydrogen-bond acceptors (Lipinski definition) is 0. The molecule has 0 heterocycles. The summed E-state index contributed by atoms with van der Waals surface area (Å²) in [4.78, 5) is 0. The van der Waals surface area contributed by atoms with Gasteiger partial charge in [-0.15, -0.1) is 0 Å². The monoisotopic (exact) mass is 941 g/mol. The Hall–Kier alpha value is -8.84. The molecule has 0 aliphatic rings. The van der Waals surface area contributed by atoms with Crippen LogP contribution in [-0.4, -0.2) is 0 Å². The van der Waals surface area contributed by atoms with Gasteiger partial charge in [-0.3, -0.25) is 0 Å². The van der Waals surface area contributed by atoms with Gasteiger partial charge in [0, 0.05) is 0 Å². The minimum atomic E-state index is 1.27. The molecule has 356 valence electrons. The summed E-state index contributed by atoms with van der Waals surface area (Å²) in [6.45, 7) is 10.7. The molecule has 12 aromatic carbocycles. The van der Waals surface area contributed by atoms with E-state index in [1.165, 1.54) is 105 Å². The third kappa shape index (κ3) is 14.4. The van der Waals surface area contributed by atoms with Gasteiger partial charge >= 0.3 is 0 Å². The summed E-state index contributed by atoms with van der Waals surface area (Å²) in [5, 5.41) is 5.37. The van der Waals surface area contributed by atoms with Crippen molar-refractivity contribution in [3.05, 3.63) is 325 Å². The van der Waals surface area contributed by atoms with Crippen LogP contribution in [0.2, 0.25) is 0 Å². The molecular weight excluding hydrogens is 877 g/mol. The smallest absolute Gasteiger partial charge is 0.0148 e. The molecule has 0 heteroatoms. The van der Waals surface area contributed by atoms with E-state index in [0.717, 1.165) is 0 Å². The van der Waals surface area contributed by atoms with E-state index in [4.69, 9.17) is 0 Å². The van der Waals surface area contributed by atoms with Crippen molar-refractivity contribution in [2.75, 3.05) is 0 Å². The second kappa shape index (κ2) is 25.9. The molecule has 0 nitrogen and oxygen atoms in total. The average Bonchev–Trinajstić information content (AvgIpc) is 3.45. The molecule has 0 saturated carbocycles.